The van der Waals surface area contributed by atoms with E-state index in [9.17, 15) is 10.1 Å². The highest BCUT2D eigenvalue weighted by molar-refractivity contribution is 6.74. The lowest BCUT2D eigenvalue weighted by Crippen LogP contribution is -2.48. The monoisotopic (exact) mass is 644 g/mol. The molecule has 4 rings (SSSR count). The summed E-state index contributed by atoms with van der Waals surface area (Å²) in [5, 5.41) is 15.0. The zero-order valence-corrected chi connectivity index (χ0v) is 29.9. The van der Waals surface area contributed by atoms with Crippen molar-refractivity contribution < 1.29 is 23.2 Å². The Morgan fingerprint density at radius 2 is 1.75 bits per heavy atom. The number of nitro groups is 1. The molecule has 1 N–H and O–H groups in total. The fraction of sp³-hybridized carbons (Fsp3) is 0.633. The van der Waals surface area contributed by atoms with E-state index in [1.807, 2.05) is 4.57 Å². The van der Waals surface area contributed by atoms with Gasteiger partial charge in [0.05, 0.1) is 37.1 Å². The molecule has 14 heteroatoms. The maximum absolute atomic E-state index is 11.7. The van der Waals surface area contributed by atoms with Crippen molar-refractivity contribution in [1.29, 1.82) is 0 Å². The highest BCUT2D eigenvalue weighted by atomic mass is 28.4. The lowest BCUT2D eigenvalue weighted by atomic mass is 10.1. The normalized spacial score (nSPS) is 19.8. The van der Waals surface area contributed by atoms with Crippen molar-refractivity contribution in [3.05, 3.63) is 46.5 Å². The van der Waals surface area contributed by atoms with Crippen LogP contribution in [0.3, 0.4) is 0 Å². The molecule has 1 aliphatic heterocycles. The molecule has 0 radical (unpaired) electrons. The molecule has 0 bridgehead atoms. The fourth-order valence-corrected chi connectivity index (χ4v) is 6.94. The number of nitro benzene ring substituents is 1. The van der Waals surface area contributed by atoms with Gasteiger partial charge in [0.15, 0.2) is 33.6 Å². The summed E-state index contributed by atoms with van der Waals surface area (Å²) in [6, 6.07) is 4.77. The van der Waals surface area contributed by atoms with E-state index in [0.29, 0.717) is 41.3 Å². The molecule has 0 aliphatic carbocycles. The third-order valence-corrected chi connectivity index (χ3v) is 18.5. The van der Waals surface area contributed by atoms with Crippen molar-refractivity contribution in [2.24, 2.45) is 0 Å². The lowest BCUT2D eigenvalue weighted by molar-refractivity contribution is -0.385. The van der Waals surface area contributed by atoms with Crippen molar-refractivity contribution in [3.63, 3.8) is 0 Å². The van der Waals surface area contributed by atoms with Crippen LogP contribution in [0.2, 0.25) is 36.3 Å². The Morgan fingerprint density at radius 1 is 1.07 bits per heavy atom. The van der Waals surface area contributed by atoms with Crippen LogP contribution in [0, 0.1) is 10.1 Å². The molecule has 0 amide bonds. The van der Waals surface area contributed by atoms with Crippen LogP contribution in [-0.2, 0) is 20.1 Å². The van der Waals surface area contributed by atoms with E-state index in [1.54, 1.807) is 18.5 Å². The van der Waals surface area contributed by atoms with Crippen LogP contribution in [0.25, 0.3) is 11.2 Å². The number of nitrogens with zero attached hydrogens (tertiary/aromatic N) is 5. The number of hydrogen-bond acceptors (Lipinski definition) is 10. The van der Waals surface area contributed by atoms with Crippen LogP contribution in [0.4, 0.5) is 11.5 Å². The highest BCUT2D eigenvalue weighted by Crippen LogP contribution is 2.43. The smallest absolute Gasteiger partial charge is 0.278 e. The largest absolute Gasteiger partial charge is 0.497 e. The van der Waals surface area contributed by atoms with Crippen LogP contribution in [0.1, 0.15) is 59.8 Å². The van der Waals surface area contributed by atoms with Crippen molar-refractivity contribution in [1.82, 2.24) is 19.5 Å². The summed E-state index contributed by atoms with van der Waals surface area (Å²) in [5.74, 6) is 0.896. The Labute approximate surface area is 262 Å². The number of nitrogens with one attached hydrogen (secondary N) is 1. The Bertz CT molecular complexity index is 1480. The number of ether oxygens (including phenoxy) is 2. The number of anilines is 1. The zero-order valence-electron chi connectivity index (χ0n) is 27.9. The van der Waals surface area contributed by atoms with Crippen molar-refractivity contribution in [3.8, 4) is 5.75 Å². The summed E-state index contributed by atoms with van der Waals surface area (Å²) in [6.45, 7) is 23.1. The van der Waals surface area contributed by atoms with Crippen molar-refractivity contribution >= 4 is 39.3 Å². The van der Waals surface area contributed by atoms with Gasteiger partial charge in [0, 0.05) is 18.5 Å². The zero-order chi connectivity index (χ0) is 32.7. The molecule has 1 fully saturated rings. The average molecular weight is 645 g/mol. The van der Waals surface area contributed by atoms with Crippen LogP contribution >= 0.6 is 0 Å². The van der Waals surface area contributed by atoms with E-state index < -0.39 is 21.6 Å². The minimum atomic E-state index is -2.10. The molecule has 3 heterocycles. The van der Waals surface area contributed by atoms with Crippen molar-refractivity contribution in [2.75, 3.05) is 19.0 Å². The van der Waals surface area contributed by atoms with Gasteiger partial charge in [-0.15, -0.1) is 0 Å². The molecular weight excluding hydrogens is 597 g/mol. The number of imidazole rings is 1. The SMILES string of the molecule is COc1ccc(CNc2ncnc3c2ncn3[C@H]2C[C@H](O[Si](C)(C)C(C)(C)C)[C@@H](CO[Si](C)(C)C(C)(C)C)O2)c([N+](=O)[O-])c1. The number of methoxy groups -OCH3 is 1. The lowest BCUT2D eigenvalue weighted by Gasteiger charge is -2.40. The Balaban J connectivity index is 1.59. The Morgan fingerprint density at radius 3 is 2.36 bits per heavy atom. The molecule has 3 aromatic rings. The average Bonchev–Trinajstić information content (AvgIpc) is 3.53. The molecule has 1 saturated heterocycles. The quantitative estimate of drug-likeness (QED) is 0.131. The van der Waals surface area contributed by atoms with Gasteiger partial charge in [0.2, 0.25) is 0 Å². The third kappa shape index (κ3) is 7.14. The van der Waals surface area contributed by atoms with Gasteiger partial charge in [0.1, 0.15) is 24.4 Å². The first-order chi connectivity index (χ1) is 20.3. The van der Waals surface area contributed by atoms with Gasteiger partial charge in [-0.3, -0.25) is 14.7 Å². The van der Waals surface area contributed by atoms with E-state index in [0.717, 1.165) is 0 Å². The summed E-state index contributed by atoms with van der Waals surface area (Å²) in [5.41, 5.74) is 1.62. The van der Waals surface area contributed by atoms with Gasteiger partial charge in [-0.25, -0.2) is 15.0 Å². The summed E-state index contributed by atoms with van der Waals surface area (Å²) in [7, 11) is -2.64. The summed E-state index contributed by atoms with van der Waals surface area (Å²) >= 11 is 0. The highest BCUT2D eigenvalue weighted by Gasteiger charge is 2.47. The fourth-order valence-electron chi connectivity index (χ4n) is 4.57. The Kier molecular flexibility index (Phi) is 9.62. The van der Waals surface area contributed by atoms with Crippen LogP contribution in [-0.4, -0.2) is 67.0 Å². The topological polar surface area (TPSA) is 136 Å². The molecular formula is C30H48N6O6Si2. The van der Waals surface area contributed by atoms with Gasteiger partial charge < -0.3 is 23.6 Å². The second-order valence-corrected chi connectivity index (χ2v) is 24.1. The molecule has 1 aromatic carbocycles. The summed E-state index contributed by atoms with van der Waals surface area (Å²) in [6.07, 6.45) is 3.07. The standard InChI is InChI=1S/C30H48N6O6Si2/c1-29(2,3)43(8,9)40-17-24-23(42-44(10,11)30(4,5)6)15-25(41-24)35-19-34-26-27(32-18-33-28(26)35)31-16-20-12-13-21(39-7)14-22(20)36(37)38/h12-14,18-19,23-25H,15-17H2,1-11H3,(H,31,32,33)/t23-,24+,25+/m0/s1. The molecule has 0 saturated carbocycles. The number of aromatic nitrogens is 4. The molecule has 1 aliphatic rings. The van der Waals surface area contributed by atoms with Gasteiger partial charge >= 0.3 is 0 Å². The van der Waals surface area contributed by atoms with Gasteiger partial charge in [-0.05, 0) is 48.4 Å². The molecule has 0 spiro atoms. The molecule has 44 heavy (non-hydrogen) atoms. The predicted octanol–water partition coefficient (Wildman–Crippen LogP) is 7.05. The Hall–Kier alpha value is -2.92. The second-order valence-electron chi connectivity index (χ2n) is 14.5. The van der Waals surface area contributed by atoms with E-state index in [2.05, 4.69) is 88.0 Å². The van der Waals surface area contributed by atoms with Crippen LogP contribution < -0.4 is 10.1 Å². The van der Waals surface area contributed by atoms with Crippen LogP contribution in [0.15, 0.2) is 30.9 Å². The molecule has 0 unspecified atom stereocenters. The predicted molar refractivity (Wildman–Crippen MR) is 176 cm³/mol. The van der Waals surface area contributed by atoms with Gasteiger partial charge in [-0.1, -0.05) is 41.5 Å². The van der Waals surface area contributed by atoms with E-state index in [1.165, 1.54) is 19.5 Å². The van der Waals surface area contributed by atoms with Gasteiger partial charge in [0.25, 0.3) is 5.69 Å². The molecule has 2 aromatic heterocycles. The van der Waals surface area contributed by atoms with E-state index in [-0.39, 0.29) is 40.7 Å². The number of rotatable bonds is 11. The minimum absolute atomic E-state index is 0.0363. The van der Waals surface area contributed by atoms with Gasteiger partial charge in [-0.2, -0.15) is 0 Å². The van der Waals surface area contributed by atoms with E-state index in [4.69, 9.17) is 18.3 Å². The number of benzene rings is 1. The molecule has 242 valence electrons. The maximum Gasteiger partial charge on any atom is 0.278 e. The van der Waals surface area contributed by atoms with Crippen LogP contribution in [0.5, 0.6) is 5.75 Å². The molecule has 3 atom stereocenters. The first-order valence-corrected chi connectivity index (χ1v) is 20.9. The summed E-state index contributed by atoms with van der Waals surface area (Å²) in [4.78, 5) is 24.8. The number of fused-ring (bicyclic) bond motifs is 1. The van der Waals surface area contributed by atoms with E-state index >= 15 is 0 Å². The minimum Gasteiger partial charge on any atom is -0.497 e. The first kappa shape index (κ1) is 34.0. The molecule has 12 nitrogen and oxygen atoms in total. The second kappa shape index (κ2) is 12.5. The van der Waals surface area contributed by atoms with Crippen molar-refractivity contribution in [2.45, 2.75) is 109 Å². The third-order valence-electron chi connectivity index (χ3n) is 9.45. The number of hydrogen-bond donors (Lipinski definition) is 1. The maximum atomic E-state index is 11.7. The summed E-state index contributed by atoms with van der Waals surface area (Å²) < 4.78 is 27.3. The first-order valence-electron chi connectivity index (χ1n) is 15.0.